The first kappa shape index (κ1) is 13.3. The molecular formula is C18H14IN. The molecule has 0 saturated heterocycles. The molecule has 0 radical (unpaired) electrons. The van der Waals surface area contributed by atoms with Gasteiger partial charge in [-0.2, -0.15) is 0 Å². The van der Waals surface area contributed by atoms with Crippen molar-refractivity contribution in [3.63, 3.8) is 0 Å². The van der Waals surface area contributed by atoms with Crippen LogP contribution in [0.1, 0.15) is 12.5 Å². The predicted octanol–water partition coefficient (Wildman–Crippen LogP) is 5.54. The van der Waals surface area contributed by atoms with Crippen LogP contribution in [0.15, 0.2) is 60.8 Å². The molecule has 0 amide bonds. The monoisotopic (exact) mass is 371 g/mol. The lowest BCUT2D eigenvalue weighted by Gasteiger charge is -2.05. The molecule has 1 aromatic heterocycles. The van der Waals surface area contributed by atoms with E-state index in [1.807, 2.05) is 13.1 Å². The van der Waals surface area contributed by atoms with E-state index in [-0.39, 0.29) is 0 Å². The Kier molecular flexibility index (Phi) is 3.83. The first-order valence-corrected chi connectivity index (χ1v) is 7.62. The third-order valence-corrected chi connectivity index (χ3v) is 3.90. The lowest BCUT2D eigenvalue weighted by Crippen LogP contribution is -1.85. The fourth-order valence-corrected chi connectivity index (χ4v) is 2.81. The van der Waals surface area contributed by atoms with Crippen LogP contribution < -0.4 is 0 Å². The number of pyridine rings is 1. The van der Waals surface area contributed by atoms with Crippen LogP contribution in [-0.2, 0) is 0 Å². The fraction of sp³-hybridized carbons (Fsp3) is 0.0556. The molecule has 2 aromatic carbocycles. The SMILES string of the molecule is C/C=C\c1ccc2cc(-c3cccc(I)c3)ncc2c1. The largest absolute Gasteiger partial charge is 0.256 e. The molecule has 1 heterocycles. The van der Waals surface area contributed by atoms with E-state index in [0.29, 0.717) is 0 Å². The quantitative estimate of drug-likeness (QED) is 0.539. The average molecular weight is 371 g/mol. The van der Waals surface area contributed by atoms with Gasteiger partial charge in [-0.05, 0) is 64.7 Å². The summed E-state index contributed by atoms with van der Waals surface area (Å²) < 4.78 is 1.23. The highest BCUT2D eigenvalue weighted by Gasteiger charge is 2.02. The van der Waals surface area contributed by atoms with Crippen molar-refractivity contribution in [1.82, 2.24) is 4.98 Å². The lowest BCUT2D eigenvalue weighted by atomic mass is 10.1. The van der Waals surface area contributed by atoms with E-state index in [2.05, 4.69) is 88.3 Å². The van der Waals surface area contributed by atoms with E-state index in [0.717, 1.165) is 11.3 Å². The molecule has 0 aliphatic rings. The van der Waals surface area contributed by atoms with Crippen LogP contribution in [0.5, 0.6) is 0 Å². The summed E-state index contributed by atoms with van der Waals surface area (Å²) in [6.07, 6.45) is 6.11. The minimum Gasteiger partial charge on any atom is -0.256 e. The van der Waals surface area contributed by atoms with E-state index < -0.39 is 0 Å². The first-order chi connectivity index (χ1) is 9.76. The first-order valence-electron chi connectivity index (χ1n) is 6.55. The van der Waals surface area contributed by atoms with Gasteiger partial charge in [0.2, 0.25) is 0 Å². The average Bonchev–Trinajstić information content (AvgIpc) is 2.47. The van der Waals surface area contributed by atoms with Gasteiger partial charge in [0.05, 0.1) is 5.69 Å². The molecular weight excluding hydrogens is 357 g/mol. The summed E-state index contributed by atoms with van der Waals surface area (Å²) in [6, 6.07) is 17.0. The lowest BCUT2D eigenvalue weighted by molar-refractivity contribution is 1.35. The summed E-state index contributed by atoms with van der Waals surface area (Å²) in [7, 11) is 0. The number of aromatic nitrogens is 1. The maximum absolute atomic E-state index is 4.59. The number of rotatable bonds is 2. The number of halogens is 1. The zero-order valence-corrected chi connectivity index (χ0v) is 13.3. The molecule has 2 heteroatoms. The molecule has 3 rings (SSSR count). The molecule has 0 aliphatic heterocycles. The Balaban J connectivity index is 2.09. The number of hydrogen-bond acceptors (Lipinski definition) is 1. The van der Waals surface area contributed by atoms with E-state index in [1.54, 1.807) is 0 Å². The molecule has 0 aliphatic carbocycles. The standard InChI is InChI=1S/C18H14IN/c1-2-4-13-7-8-14-11-18(20-12-16(14)9-13)15-5-3-6-17(19)10-15/h2-12H,1H3/b4-2-. The van der Waals surface area contributed by atoms with Crippen LogP contribution in [0.2, 0.25) is 0 Å². The summed E-state index contributed by atoms with van der Waals surface area (Å²) in [5.41, 5.74) is 3.40. The molecule has 0 saturated carbocycles. The van der Waals surface area contributed by atoms with Gasteiger partial charge in [0.15, 0.2) is 0 Å². The van der Waals surface area contributed by atoms with Gasteiger partial charge in [-0.3, -0.25) is 4.98 Å². The Morgan fingerprint density at radius 1 is 1.00 bits per heavy atom. The highest BCUT2D eigenvalue weighted by molar-refractivity contribution is 14.1. The smallest absolute Gasteiger partial charge is 0.0708 e. The highest BCUT2D eigenvalue weighted by Crippen LogP contribution is 2.24. The Bertz CT molecular complexity index is 790. The minimum absolute atomic E-state index is 1.02. The summed E-state index contributed by atoms with van der Waals surface area (Å²) in [4.78, 5) is 4.59. The molecule has 0 N–H and O–H groups in total. The second kappa shape index (κ2) is 5.75. The Morgan fingerprint density at radius 2 is 1.90 bits per heavy atom. The van der Waals surface area contributed by atoms with Gasteiger partial charge in [0.25, 0.3) is 0 Å². The maximum atomic E-state index is 4.59. The van der Waals surface area contributed by atoms with Gasteiger partial charge in [0, 0.05) is 20.7 Å². The minimum atomic E-state index is 1.02. The van der Waals surface area contributed by atoms with Crippen LogP contribution in [0.3, 0.4) is 0 Å². The normalized spacial score (nSPS) is 11.3. The second-order valence-electron chi connectivity index (χ2n) is 4.69. The summed E-state index contributed by atoms with van der Waals surface area (Å²) in [5.74, 6) is 0. The summed E-state index contributed by atoms with van der Waals surface area (Å²) >= 11 is 2.33. The van der Waals surface area contributed by atoms with Gasteiger partial charge >= 0.3 is 0 Å². The molecule has 3 aromatic rings. The summed E-state index contributed by atoms with van der Waals surface area (Å²) in [6.45, 7) is 2.03. The van der Waals surface area contributed by atoms with Gasteiger partial charge in [-0.1, -0.05) is 36.4 Å². The molecule has 0 bridgehead atoms. The zero-order valence-electron chi connectivity index (χ0n) is 11.2. The zero-order chi connectivity index (χ0) is 13.9. The third-order valence-electron chi connectivity index (χ3n) is 3.23. The van der Waals surface area contributed by atoms with Gasteiger partial charge in [0.1, 0.15) is 0 Å². The van der Waals surface area contributed by atoms with Crippen molar-refractivity contribution in [2.75, 3.05) is 0 Å². The third kappa shape index (κ3) is 2.75. The van der Waals surface area contributed by atoms with Gasteiger partial charge < -0.3 is 0 Å². The van der Waals surface area contributed by atoms with Gasteiger partial charge in [-0.15, -0.1) is 0 Å². The van der Waals surface area contributed by atoms with E-state index in [9.17, 15) is 0 Å². The number of nitrogens with zero attached hydrogens (tertiary/aromatic N) is 1. The van der Waals surface area contributed by atoms with Crippen LogP contribution in [0, 0.1) is 3.57 Å². The molecule has 0 spiro atoms. The van der Waals surface area contributed by atoms with E-state index in [4.69, 9.17) is 0 Å². The number of allylic oxidation sites excluding steroid dienone is 1. The fourth-order valence-electron chi connectivity index (χ4n) is 2.26. The van der Waals surface area contributed by atoms with Crippen molar-refractivity contribution in [2.24, 2.45) is 0 Å². The van der Waals surface area contributed by atoms with Gasteiger partial charge in [-0.25, -0.2) is 0 Å². The highest BCUT2D eigenvalue weighted by atomic mass is 127. The molecule has 20 heavy (non-hydrogen) atoms. The van der Waals surface area contributed by atoms with Crippen molar-refractivity contribution >= 4 is 39.4 Å². The maximum Gasteiger partial charge on any atom is 0.0708 e. The number of hydrogen-bond donors (Lipinski definition) is 0. The number of benzene rings is 2. The van der Waals surface area contributed by atoms with Crippen molar-refractivity contribution in [3.05, 3.63) is 69.9 Å². The van der Waals surface area contributed by atoms with Crippen molar-refractivity contribution in [2.45, 2.75) is 6.92 Å². The Morgan fingerprint density at radius 3 is 2.70 bits per heavy atom. The molecule has 0 unspecified atom stereocenters. The Labute approximate surface area is 132 Å². The molecule has 0 fully saturated rings. The predicted molar refractivity (Wildman–Crippen MR) is 94.6 cm³/mol. The van der Waals surface area contributed by atoms with Crippen LogP contribution in [-0.4, -0.2) is 4.98 Å². The number of fused-ring (bicyclic) bond motifs is 1. The Hall–Kier alpha value is -1.68. The van der Waals surface area contributed by atoms with Crippen molar-refractivity contribution in [1.29, 1.82) is 0 Å². The van der Waals surface area contributed by atoms with E-state index >= 15 is 0 Å². The molecule has 98 valence electrons. The van der Waals surface area contributed by atoms with Crippen LogP contribution >= 0.6 is 22.6 Å². The van der Waals surface area contributed by atoms with Crippen LogP contribution in [0.25, 0.3) is 28.1 Å². The van der Waals surface area contributed by atoms with E-state index in [1.165, 1.54) is 19.9 Å². The van der Waals surface area contributed by atoms with Crippen molar-refractivity contribution in [3.8, 4) is 11.3 Å². The second-order valence-corrected chi connectivity index (χ2v) is 5.93. The molecule has 1 nitrogen and oxygen atoms in total. The topological polar surface area (TPSA) is 12.9 Å². The summed E-state index contributed by atoms with van der Waals surface area (Å²) in [5, 5.41) is 2.40. The molecule has 0 atom stereocenters. The van der Waals surface area contributed by atoms with Crippen LogP contribution in [0.4, 0.5) is 0 Å². The van der Waals surface area contributed by atoms with Crippen molar-refractivity contribution < 1.29 is 0 Å².